The van der Waals surface area contributed by atoms with Crippen LogP contribution in [0.2, 0.25) is 0 Å². The molecule has 2 aliphatic rings. The molecule has 4 rings (SSSR count). The van der Waals surface area contributed by atoms with Crippen molar-refractivity contribution in [2.24, 2.45) is 0 Å². The van der Waals surface area contributed by atoms with E-state index < -0.39 is 23.4 Å². The molecule has 178 valence electrons. The number of fused-ring (bicyclic) bond motifs is 1. The van der Waals surface area contributed by atoms with E-state index in [1.165, 1.54) is 18.2 Å². The molecule has 7 nitrogen and oxygen atoms in total. The third kappa shape index (κ3) is 4.39. The van der Waals surface area contributed by atoms with Gasteiger partial charge in [-0.15, -0.1) is 0 Å². The molecular formula is C27H28O7. The number of cyclic esters (lactones) is 1. The summed E-state index contributed by atoms with van der Waals surface area (Å²) in [6.45, 7) is 7.49. The lowest BCUT2D eigenvalue weighted by Crippen LogP contribution is -2.46. The lowest BCUT2D eigenvalue weighted by atomic mass is 9.90. The van der Waals surface area contributed by atoms with Crippen LogP contribution < -0.4 is 4.74 Å². The molecule has 4 N–H and O–H groups in total. The van der Waals surface area contributed by atoms with Crippen molar-refractivity contribution in [3.63, 3.8) is 0 Å². The van der Waals surface area contributed by atoms with Crippen molar-refractivity contribution in [3.05, 3.63) is 75.8 Å². The summed E-state index contributed by atoms with van der Waals surface area (Å²) in [5.41, 5.74) is 2.03. The molecule has 0 aliphatic carbocycles. The summed E-state index contributed by atoms with van der Waals surface area (Å²) in [4.78, 5) is 12.6. The highest BCUT2D eigenvalue weighted by Crippen LogP contribution is 2.40. The SMILES string of the molecule is CC(C)=CCc1cc(O)c(C2=C(O)/C(=C/c3ccc4c(c3)C[C@@H](O)C(C)(C)O4)OC2=O)cc1O. The van der Waals surface area contributed by atoms with Crippen LogP contribution in [-0.4, -0.2) is 38.1 Å². The van der Waals surface area contributed by atoms with Gasteiger partial charge in [0.05, 0.1) is 6.10 Å². The average molecular weight is 465 g/mol. The molecule has 1 atom stereocenters. The minimum Gasteiger partial charge on any atom is -0.508 e. The Bertz CT molecular complexity index is 1260. The van der Waals surface area contributed by atoms with E-state index in [2.05, 4.69) is 0 Å². The van der Waals surface area contributed by atoms with Crippen molar-refractivity contribution in [2.75, 3.05) is 0 Å². The largest absolute Gasteiger partial charge is 0.508 e. The van der Waals surface area contributed by atoms with Crippen LogP contribution in [0.3, 0.4) is 0 Å². The third-order valence-electron chi connectivity index (χ3n) is 6.04. The van der Waals surface area contributed by atoms with E-state index in [1.807, 2.05) is 33.8 Å². The van der Waals surface area contributed by atoms with Crippen molar-refractivity contribution < 1.29 is 34.7 Å². The molecule has 0 saturated carbocycles. The van der Waals surface area contributed by atoms with Crippen LogP contribution >= 0.6 is 0 Å². The lowest BCUT2D eigenvalue weighted by Gasteiger charge is -2.37. The summed E-state index contributed by atoms with van der Waals surface area (Å²) in [7, 11) is 0. The molecular weight excluding hydrogens is 436 g/mol. The summed E-state index contributed by atoms with van der Waals surface area (Å²) in [5, 5.41) is 42.0. The molecule has 2 aromatic carbocycles. The molecule has 0 bridgehead atoms. The zero-order valence-electron chi connectivity index (χ0n) is 19.5. The van der Waals surface area contributed by atoms with Crippen LogP contribution in [0.15, 0.2) is 53.5 Å². The van der Waals surface area contributed by atoms with Gasteiger partial charge in [0.25, 0.3) is 0 Å². The predicted molar refractivity (Wildman–Crippen MR) is 127 cm³/mol. The maximum absolute atomic E-state index is 12.6. The number of esters is 1. The number of carbonyl (C=O) groups is 1. The van der Waals surface area contributed by atoms with E-state index in [1.54, 1.807) is 18.2 Å². The first-order valence-corrected chi connectivity index (χ1v) is 11.0. The number of rotatable bonds is 4. The number of aromatic hydroxyl groups is 2. The van der Waals surface area contributed by atoms with Crippen LogP contribution in [-0.2, 0) is 22.4 Å². The Morgan fingerprint density at radius 1 is 1.12 bits per heavy atom. The normalized spacial score (nSPS) is 20.1. The van der Waals surface area contributed by atoms with Crippen molar-refractivity contribution >= 4 is 17.6 Å². The zero-order chi connectivity index (χ0) is 24.8. The molecule has 0 spiro atoms. The Morgan fingerprint density at radius 3 is 2.56 bits per heavy atom. The van der Waals surface area contributed by atoms with E-state index in [0.717, 1.165) is 11.1 Å². The number of benzene rings is 2. The standard InChI is InChI=1S/C27H28O7/c1-14(2)5-7-16-11-20(29)18(13-19(16)28)24-25(31)22(33-26(24)32)10-15-6-8-21-17(9-15)12-23(30)27(3,4)34-21/h5-6,8-11,13,23,28-31H,7,12H2,1-4H3/b22-10-/t23-/m1/s1. The Labute approximate surface area is 197 Å². The number of aliphatic hydroxyl groups is 2. The number of aliphatic hydroxyl groups excluding tert-OH is 2. The van der Waals surface area contributed by atoms with Gasteiger partial charge in [-0.25, -0.2) is 4.79 Å². The number of hydrogen-bond acceptors (Lipinski definition) is 7. The average Bonchev–Trinajstić information content (AvgIpc) is 3.02. The maximum Gasteiger partial charge on any atom is 0.348 e. The van der Waals surface area contributed by atoms with Gasteiger partial charge in [0.1, 0.15) is 28.4 Å². The van der Waals surface area contributed by atoms with Crippen molar-refractivity contribution in [3.8, 4) is 17.2 Å². The second-order valence-corrected chi connectivity index (χ2v) is 9.40. The van der Waals surface area contributed by atoms with Gasteiger partial charge in [-0.1, -0.05) is 17.7 Å². The second kappa shape index (κ2) is 8.57. The number of carbonyl (C=O) groups excluding carboxylic acids is 1. The Balaban J connectivity index is 1.67. The summed E-state index contributed by atoms with van der Waals surface area (Å²) in [5.74, 6) is -1.05. The molecule has 34 heavy (non-hydrogen) atoms. The quantitative estimate of drug-likeness (QED) is 0.298. The monoisotopic (exact) mass is 464 g/mol. The van der Waals surface area contributed by atoms with Gasteiger partial charge in [0.15, 0.2) is 11.5 Å². The number of hydrogen-bond donors (Lipinski definition) is 4. The maximum atomic E-state index is 12.6. The molecule has 0 amide bonds. The number of allylic oxidation sites excluding steroid dienone is 2. The van der Waals surface area contributed by atoms with E-state index in [0.29, 0.717) is 29.7 Å². The Morgan fingerprint density at radius 2 is 1.85 bits per heavy atom. The lowest BCUT2D eigenvalue weighted by molar-refractivity contribution is -0.131. The van der Waals surface area contributed by atoms with E-state index in [9.17, 15) is 25.2 Å². The predicted octanol–water partition coefficient (Wildman–Crippen LogP) is 4.55. The first-order valence-electron chi connectivity index (χ1n) is 11.0. The molecule has 2 heterocycles. The van der Waals surface area contributed by atoms with E-state index in [-0.39, 0.29) is 28.4 Å². The number of phenols is 2. The van der Waals surface area contributed by atoms with Gasteiger partial charge in [0, 0.05) is 17.5 Å². The minimum atomic E-state index is -0.839. The van der Waals surface area contributed by atoms with Crippen LogP contribution in [0, 0.1) is 0 Å². The second-order valence-electron chi connectivity index (χ2n) is 9.40. The van der Waals surface area contributed by atoms with Gasteiger partial charge < -0.3 is 29.9 Å². The topological polar surface area (TPSA) is 116 Å². The van der Waals surface area contributed by atoms with E-state index in [4.69, 9.17) is 9.47 Å². The molecule has 0 saturated heterocycles. The summed E-state index contributed by atoms with van der Waals surface area (Å²) in [6.07, 6.45) is 3.53. The summed E-state index contributed by atoms with van der Waals surface area (Å²) >= 11 is 0. The van der Waals surface area contributed by atoms with Crippen molar-refractivity contribution in [1.29, 1.82) is 0 Å². The van der Waals surface area contributed by atoms with Crippen LogP contribution in [0.4, 0.5) is 0 Å². The van der Waals surface area contributed by atoms with Gasteiger partial charge in [-0.05, 0) is 75.6 Å². The van der Waals surface area contributed by atoms with Crippen LogP contribution in [0.25, 0.3) is 11.6 Å². The van der Waals surface area contributed by atoms with Gasteiger partial charge in [0.2, 0.25) is 0 Å². The minimum absolute atomic E-state index is 0.0199. The molecule has 2 aromatic rings. The summed E-state index contributed by atoms with van der Waals surface area (Å²) in [6, 6.07) is 7.93. The number of ether oxygens (including phenoxy) is 2. The Kier molecular flexibility index (Phi) is 5.91. The van der Waals surface area contributed by atoms with Gasteiger partial charge in [-0.3, -0.25) is 0 Å². The molecule has 0 aromatic heterocycles. The molecule has 0 fully saturated rings. The Hall–Kier alpha value is -3.71. The van der Waals surface area contributed by atoms with Crippen LogP contribution in [0.1, 0.15) is 49.9 Å². The highest BCUT2D eigenvalue weighted by Gasteiger charge is 2.36. The highest BCUT2D eigenvalue weighted by molar-refractivity contribution is 6.21. The first kappa shape index (κ1) is 23.4. The van der Waals surface area contributed by atoms with Crippen molar-refractivity contribution in [1.82, 2.24) is 0 Å². The van der Waals surface area contributed by atoms with Crippen molar-refractivity contribution in [2.45, 2.75) is 52.2 Å². The number of phenolic OH excluding ortho intramolecular Hbond substituents is 2. The third-order valence-corrected chi connectivity index (χ3v) is 6.04. The fourth-order valence-electron chi connectivity index (χ4n) is 3.96. The van der Waals surface area contributed by atoms with Gasteiger partial charge in [-0.2, -0.15) is 0 Å². The molecule has 2 aliphatic heterocycles. The first-order chi connectivity index (χ1) is 16.0. The molecule has 7 heteroatoms. The van der Waals surface area contributed by atoms with E-state index >= 15 is 0 Å². The highest BCUT2D eigenvalue weighted by atomic mass is 16.6. The summed E-state index contributed by atoms with van der Waals surface area (Å²) < 4.78 is 11.1. The fourth-order valence-corrected chi connectivity index (χ4v) is 3.96. The smallest absolute Gasteiger partial charge is 0.348 e. The molecule has 0 radical (unpaired) electrons. The van der Waals surface area contributed by atoms with Gasteiger partial charge >= 0.3 is 5.97 Å². The fraction of sp³-hybridized carbons (Fsp3) is 0.296. The van der Waals surface area contributed by atoms with Crippen LogP contribution in [0.5, 0.6) is 17.2 Å². The zero-order valence-corrected chi connectivity index (χ0v) is 19.5. The molecule has 0 unspecified atom stereocenters.